The lowest BCUT2D eigenvalue weighted by molar-refractivity contribution is -0.127. The lowest BCUT2D eigenvalue weighted by Gasteiger charge is -2.34. The van der Waals surface area contributed by atoms with E-state index in [4.69, 9.17) is 4.74 Å². The Morgan fingerprint density at radius 2 is 1.83 bits per heavy atom. The number of amides is 2. The molecule has 29 heavy (non-hydrogen) atoms. The molecule has 0 saturated heterocycles. The topological polar surface area (TPSA) is 105 Å². The highest BCUT2D eigenvalue weighted by atomic mass is 32.2. The van der Waals surface area contributed by atoms with Gasteiger partial charge in [0, 0.05) is 19.2 Å². The van der Waals surface area contributed by atoms with Crippen molar-refractivity contribution in [3.8, 4) is 5.75 Å². The highest BCUT2D eigenvalue weighted by Crippen LogP contribution is 2.36. The maximum Gasteiger partial charge on any atom is 0.264 e. The van der Waals surface area contributed by atoms with Crippen LogP contribution in [0.2, 0.25) is 0 Å². The second-order valence-corrected chi connectivity index (χ2v) is 8.47. The molecule has 0 aromatic heterocycles. The van der Waals surface area contributed by atoms with Crippen LogP contribution >= 0.6 is 0 Å². The number of sulfonamides is 1. The Bertz CT molecular complexity index is 1010. The van der Waals surface area contributed by atoms with Gasteiger partial charge in [-0.2, -0.15) is 0 Å². The van der Waals surface area contributed by atoms with E-state index >= 15 is 0 Å². The molecule has 1 atom stereocenters. The molecule has 2 N–H and O–H groups in total. The van der Waals surface area contributed by atoms with Gasteiger partial charge in [0.25, 0.3) is 15.9 Å². The summed E-state index contributed by atoms with van der Waals surface area (Å²) >= 11 is 0. The van der Waals surface area contributed by atoms with E-state index in [1.165, 1.54) is 35.5 Å². The molecule has 9 heteroatoms. The maximum absolute atomic E-state index is 13.3. The quantitative estimate of drug-likeness (QED) is 0.749. The van der Waals surface area contributed by atoms with Crippen molar-refractivity contribution in [2.24, 2.45) is 0 Å². The molecule has 0 aliphatic carbocycles. The van der Waals surface area contributed by atoms with Crippen LogP contribution in [0, 0.1) is 0 Å². The number of hydrogen-bond acceptors (Lipinski definition) is 5. The van der Waals surface area contributed by atoms with Gasteiger partial charge >= 0.3 is 0 Å². The number of rotatable bonds is 6. The molecule has 0 unspecified atom stereocenters. The van der Waals surface area contributed by atoms with Crippen molar-refractivity contribution < 1.29 is 22.7 Å². The fraction of sp³-hybridized carbons (Fsp3) is 0.300. The van der Waals surface area contributed by atoms with Crippen LogP contribution in [-0.2, 0) is 19.6 Å². The molecule has 0 radical (unpaired) electrons. The number of hydrogen-bond donors (Lipinski definition) is 2. The van der Waals surface area contributed by atoms with Crippen molar-refractivity contribution in [3.63, 3.8) is 0 Å². The smallest absolute Gasteiger partial charge is 0.264 e. The van der Waals surface area contributed by atoms with Crippen molar-refractivity contribution in [2.45, 2.75) is 31.3 Å². The van der Waals surface area contributed by atoms with Crippen molar-refractivity contribution in [3.05, 3.63) is 48.5 Å². The molecule has 0 spiro atoms. The van der Waals surface area contributed by atoms with E-state index in [1.807, 2.05) is 6.92 Å². The summed E-state index contributed by atoms with van der Waals surface area (Å²) in [5.41, 5.74) is 0.869. The summed E-state index contributed by atoms with van der Waals surface area (Å²) in [6.07, 6.45) is -0.192. The summed E-state index contributed by atoms with van der Waals surface area (Å²) in [6, 6.07) is 12.6. The second kappa shape index (κ2) is 8.52. The summed E-state index contributed by atoms with van der Waals surface area (Å²) in [5, 5.41) is 5.34. The van der Waals surface area contributed by atoms with E-state index in [2.05, 4.69) is 10.6 Å². The number of benzene rings is 2. The van der Waals surface area contributed by atoms with Crippen LogP contribution in [0.4, 0.5) is 11.4 Å². The van der Waals surface area contributed by atoms with E-state index in [1.54, 1.807) is 24.3 Å². The highest BCUT2D eigenvalue weighted by Gasteiger charge is 2.37. The molecule has 2 amide bonds. The van der Waals surface area contributed by atoms with E-state index < -0.39 is 16.1 Å². The van der Waals surface area contributed by atoms with Crippen LogP contribution in [0.25, 0.3) is 0 Å². The minimum atomic E-state index is -3.95. The average molecular weight is 417 g/mol. The maximum atomic E-state index is 13.3. The number of carbonyl (C=O) groups is 2. The molecule has 2 aromatic carbocycles. The van der Waals surface area contributed by atoms with E-state index in [-0.39, 0.29) is 23.3 Å². The molecule has 1 aliphatic heterocycles. The molecule has 1 heterocycles. The van der Waals surface area contributed by atoms with Gasteiger partial charge in [-0.15, -0.1) is 0 Å². The van der Waals surface area contributed by atoms with Gasteiger partial charge in [0.1, 0.15) is 5.75 Å². The Hall–Kier alpha value is -3.07. The van der Waals surface area contributed by atoms with Crippen molar-refractivity contribution >= 4 is 33.2 Å². The van der Waals surface area contributed by atoms with Crippen LogP contribution in [0.3, 0.4) is 0 Å². The fourth-order valence-corrected chi connectivity index (χ4v) is 4.45. The van der Waals surface area contributed by atoms with Gasteiger partial charge in [0.05, 0.1) is 17.1 Å². The normalized spacial score (nSPS) is 15.8. The third-order valence-electron chi connectivity index (χ3n) is 4.34. The largest absolute Gasteiger partial charge is 0.476 e. The van der Waals surface area contributed by atoms with Gasteiger partial charge in [-0.05, 0) is 42.8 Å². The number of ether oxygens (including phenoxy) is 1. The van der Waals surface area contributed by atoms with Crippen molar-refractivity contribution in [1.82, 2.24) is 5.32 Å². The molecule has 3 rings (SSSR count). The first-order chi connectivity index (χ1) is 13.8. The number of carbonyl (C=O) groups excluding carboxylic acids is 2. The van der Waals surface area contributed by atoms with Crippen LogP contribution in [0.5, 0.6) is 5.75 Å². The van der Waals surface area contributed by atoms with Gasteiger partial charge in [-0.25, -0.2) is 8.42 Å². The number of para-hydroxylation sites is 2. The van der Waals surface area contributed by atoms with Crippen molar-refractivity contribution in [1.29, 1.82) is 0 Å². The monoisotopic (exact) mass is 417 g/mol. The van der Waals surface area contributed by atoms with Crippen LogP contribution in [0.1, 0.15) is 20.3 Å². The summed E-state index contributed by atoms with van der Waals surface area (Å²) in [4.78, 5) is 23.6. The lowest BCUT2D eigenvalue weighted by atomic mass is 10.2. The average Bonchev–Trinajstić information content (AvgIpc) is 2.71. The summed E-state index contributed by atoms with van der Waals surface area (Å²) in [6.45, 7) is 3.65. The van der Waals surface area contributed by atoms with E-state index in [0.717, 1.165) is 6.42 Å². The zero-order chi connectivity index (χ0) is 21.0. The van der Waals surface area contributed by atoms with Crippen LogP contribution < -0.4 is 19.7 Å². The number of nitrogens with one attached hydrogen (secondary N) is 2. The first-order valence-electron chi connectivity index (χ1n) is 9.26. The standard InChI is InChI=1S/C20H23N3O5S/c1-3-12-21-20(25)19-13-23(17-6-4-5-7-18(17)28-19)29(26,27)16-10-8-15(9-11-16)22-14(2)24/h4-11,19H,3,12-13H2,1-2H3,(H,21,25)(H,22,24)/t19-/m0/s1. The first kappa shape index (κ1) is 20.7. The third-order valence-corrected chi connectivity index (χ3v) is 6.13. The fourth-order valence-electron chi connectivity index (χ4n) is 2.97. The highest BCUT2D eigenvalue weighted by molar-refractivity contribution is 7.92. The number of nitrogens with zero attached hydrogens (tertiary/aromatic N) is 1. The minimum Gasteiger partial charge on any atom is -0.476 e. The Morgan fingerprint density at radius 1 is 1.14 bits per heavy atom. The van der Waals surface area contributed by atoms with Gasteiger partial charge < -0.3 is 15.4 Å². The molecule has 0 bridgehead atoms. The SMILES string of the molecule is CCCNC(=O)[C@@H]1CN(S(=O)(=O)c2ccc(NC(C)=O)cc2)c2ccccc2O1. The molecular weight excluding hydrogens is 394 g/mol. The Balaban J connectivity index is 1.94. The predicted octanol–water partition coefficient (Wildman–Crippen LogP) is 2.13. The Labute approximate surface area is 169 Å². The molecule has 0 fully saturated rings. The molecule has 8 nitrogen and oxygen atoms in total. The van der Waals surface area contributed by atoms with Crippen molar-refractivity contribution in [2.75, 3.05) is 22.7 Å². The number of fused-ring (bicyclic) bond motifs is 1. The Morgan fingerprint density at radius 3 is 2.48 bits per heavy atom. The molecule has 2 aromatic rings. The second-order valence-electron chi connectivity index (χ2n) is 6.61. The number of anilines is 2. The lowest BCUT2D eigenvalue weighted by Crippen LogP contribution is -2.50. The van der Waals surface area contributed by atoms with Gasteiger partial charge in [0.15, 0.2) is 6.10 Å². The van der Waals surface area contributed by atoms with E-state index in [0.29, 0.717) is 23.7 Å². The first-order valence-corrected chi connectivity index (χ1v) is 10.7. The molecule has 1 aliphatic rings. The van der Waals surface area contributed by atoms with E-state index in [9.17, 15) is 18.0 Å². The summed E-state index contributed by atoms with van der Waals surface area (Å²) in [5.74, 6) is -0.278. The summed E-state index contributed by atoms with van der Waals surface area (Å²) in [7, 11) is -3.95. The van der Waals surface area contributed by atoms with Gasteiger partial charge in [0.2, 0.25) is 5.91 Å². The molecule has 0 saturated carbocycles. The molecular formula is C20H23N3O5S. The zero-order valence-corrected chi connectivity index (χ0v) is 17.0. The van der Waals surface area contributed by atoms with Crippen LogP contribution in [-0.4, -0.2) is 39.4 Å². The van der Waals surface area contributed by atoms with Gasteiger partial charge in [-0.1, -0.05) is 19.1 Å². The minimum absolute atomic E-state index is 0.0519. The third kappa shape index (κ3) is 4.51. The van der Waals surface area contributed by atoms with Crippen LogP contribution in [0.15, 0.2) is 53.4 Å². The van der Waals surface area contributed by atoms with Gasteiger partial charge in [-0.3, -0.25) is 13.9 Å². The predicted molar refractivity (Wildman–Crippen MR) is 109 cm³/mol. The Kier molecular flexibility index (Phi) is 6.07. The zero-order valence-electron chi connectivity index (χ0n) is 16.2. The molecule has 154 valence electrons. The summed E-state index contributed by atoms with van der Waals surface area (Å²) < 4.78 is 33.6.